The Bertz CT molecular complexity index is 437. The average Bonchev–Trinajstić information content (AvgIpc) is 2.45. The summed E-state index contributed by atoms with van der Waals surface area (Å²) < 4.78 is 1.68. The molecule has 4 heteroatoms. The molecule has 0 aliphatic heterocycles. The van der Waals surface area contributed by atoms with Crippen LogP contribution in [0.1, 0.15) is 0 Å². The van der Waals surface area contributed by atoms with E-state index in [0.717, 1.165) is 11.0 Å². The highest BCUT2D eigenvalue weighted by atomic mass is 15.0. The first kappa shape index (κ1) is 6.15. The van der Waals surface area contributed by atoms with Crippen molar-refractivity contribution in [3.05, 3.63) is 24.1 Å². The van der Waals surface area contributed by atoms with Gasteiger partial charge in [0.1, 0.15) is 11.1 Å². The second-order valence-corrected chi connectivity index (χ2v) is 2.44. The molecular formula is C7H8N4. The fraction of sp³-hybridized carbons (Fsp3) is 0.143. The van der Waals surface area contributed by atoms with Crippen molar-refractivity contribution in [3.8, 4) is 0 Å². The van der Waals surface area contributed by atoms with Gasteiger partial charge in [0.2, 0.25) is 0 Å². The molecule has 2 aromatic heterocycles. The van der Waals surface area contributed by atoms with E-state index in [2.05, 4.69) is 9.97 Å². The smallest absolute Gasteiger partial charge is 0.142 e. The summed E-state index contributed by atoms with van der Waals surface area (Å²) in [5, 5.41) is 8.46. The van der Waals surface area contributed by atoms with Gasteiger partial charge in [0.05, 0.1) is 11.7 Å². The first-order valence-electron chi connectivity index (χ1n) is 3.32. The highest BCUT2D eigenvalue weighted by Crippen LogP contribution is 2.00. The van der Waals surface area contributed by atoms with E-state index in [9.17, 15) is 0 Å². The summed E-state index contributed by atoms with van der Waals surface area (Å²) in [4.78, 5) is 7.03. The summed E-state index contributed by atoms with van der Waals surface area (Å²) in [7, 11) is 1.81. The Hall–Kier alpha value is -1.58. The van der Waals surface area contributed by atoms with E-state index in [1.165, 1.54) is 0 Å². The molecule has 0 unspecified atom stereocenters. The van der Waals surface area contributed by atoms with E-state index in [1.807, 2.05) is 13.1 Å². The molecule has 0 spiro atoms. The number of nitrogens with zero attached hydrogens (tertiary/aromatic N) is 2. The molecule has 0 amide bonds. The molecule has 0 bridgehead atoms. The van der Waals surface area contributed by atoms with Crippen molar-refractivity contribution in [2.24, 2.45) is 7.05 Å². The number of fused-ring (bicyclic) bond motifs is 1. The lowest BCUT2D eigenvalue weighted by Gasteiger charge is -1.96. The van der Waals surface area contributed by atoms with Gasteiger partial charge in [-0.2, -0.15) is 0 Å². The van der Waals surface area contributed by atoms with Gasteiger partial charge in [0, 0.05) is 13.2 Å². The summed E-state index contributed by atoms with van der Waals surface area (Å²) in [6.45, 7) is 0. The minimum atomic E-state index is 0.483. The van der Waals surface area contributed by atoms with Crippen molar-refractivity contribution >= 4 is 11.0 Å². The number of nitrogens with one attached hydrogen (secondary N) is 2. The van der Waals surface area contributed by atoms with Crippen LogP contribution in [0.4, 0.5) is 0 Å². The standard InChI is InChI=1S/C7H8N4/c1-11-4-10-7-5(6(11)8)2-3-9-7/h2-4,8-9H,1H3. The average molecular weight is 148 g/mol. The molecule has 4 nitrogen and oxygen atoms in total. The van der Waals surface area contributed by atoms with Crippen LogP contribution < -0.4 is 5.49 Å². The highest BCUT2D eigenvalue weighted by molar-refractivity contribution is 5.73. The molecule has 0 radical (unpaired) electrons. The van der Waals surface area contributed by atoms with Crippen molar-refractivity contribution < 1.29 is 0 Å². The quantitative estimate of drug-likeness (QED) is 0.557. The number of hydrogen-bond acceptors (Lipinski definition) is 2. The maximum absolute atomic E-state index is 7.61. The maximum Gasteiger partial charge on any atom is 0.142 e. The lowest BCUT2D eigenvalue weighted by molar-refractivity contribution is 0.805. The predicted molar refractivity (Wildman–Crippen MR) is 40.9 cm³/mol. The Balaban J connectivity index is 3.05. The predicted octanol–water partition coefficient (Wildman–Crippen LogP) is 0.381. The van der Waals surface area contributed by atoms with Crippen molar-refractivity contribution in [3.63, 3.8) is 0 Å². The Morgan fingerprint density at radius 3 is 3.27 bits per heavy atom. The van der Waals surface area contributed by atoms with E-state index < -0.39 is 0 Å². The molecule has 0 atom stereocenters. The molecule has 2 rings (SSSR count). The molecule has 0 aromatic carbocycles. The zero-order valence-electron chi connectivity index (χ0n) is 6.13. The van der Waals surface area contributed by atoms with E-state index in [-0.39, 0.29) is 0 Å². The molecule has 0 aliphatic carbocycles. The molecule has 2 N–H and O–H groups in total. The fourth-order valence-corrected chi connectivity index (χ4v) is 1.05. The van der Waals surface area contributed by atoms with Gasteiger partial charge in [0.15, 0.2) is 0 Å². The van der Waals surface area contributed by atoms with Gasteiger partial charge in [-0.05, 0) is 6.07 Å². The fourth-order valence-electron chi connectivity index (χ4n) is 1.05. The zero-order valence-corrected chi connectivity index (χ0v) is 6.13. The normalized spacial score (nSPS) is 10.6. The highest BCUT2D eigenvalue weighted by Gasteiger charge is 1.96. The van der Waals surface area contributed by atoms with Gasteiger partial charge >= 0.3 is 0 Å². The summed E-state index contributed by atoms with van der Waals surface area (Å²) in [6.07, 6.45) is 3.41. The monoisotopic (exact) mass is 148 g/mol. The third kappa shape index (κ3) is 0.756. The Morgan fingerprint density at radius 2 is 2.45 bits per heavy atom. The number of aromatic amines is 1. The number of aryl methyl sites for hydroxylation is 1. The van der Waals surface area contributed by atoms with E-state index in [1.54, 1.807) is 17.1 Å². The number of aromatic nitrogens is 3. The van der Waals surface area contributed by atoms with Crippen LogP contribution >= 0.6 is 0 Å². The lowest BCUT2D eigenvalue weighted by Crippen LogP contribution is -2.16. The van der Waals surface area contributed by atoms with Gasteiger partial charge < -0.3 is 9.55 Å². The van der Waals surface area contributed by atoms with Gasteiger partial charge in [0.25, 0.3) is 0 Å². The first-order chi connectivity index (χ1) is 5.29. The largest absolute Gasteiger partial charge is 0.346 e. The zero-order chi connectivity index (χ0) is 7.84. The minimum absolute atomic E-state index is 0.483. The molecule has 11 heavy (non-hydrogen) atoms. The maximum atomic E-state index is 7.61. The van der Waals surface area contributed by atoms with Crippen LogP contribution in [0.3, 0.4) is 0 Å². The number of hydrogen-bond donors (Lipinski definition) is 2. The summed E-state index contributed by atoms with van der Waals surface area (Å²) in [5.74, 6) is 0. The van der Waals surface area contributed by atoms with E-state index >= 15 is 0 Å². The van der Waals surface area contributed by atoms with Crippen molar-refractivity contribution in [2.45, 2.75) is 0 Å². The first-order valence-corrected chi connectivity index (χ1v) is 3.32. The Labute approximate surface area is 63.0 Å². The lowest BCUT2D eigenvalue weighted by atomic mass is 10.4. The summed E-state index contributed by atoms with van der Waals surface area (Å²) in [5.41, 5.74) is 1.25. The SMILES string of the molecule is Cn1cnc2[nH]ccc2c1=N. The van der Waals surface area contributed by atoms with Crippen LogP contribution in [0.2, 0.25) is 0 Å². The van der Waals surface area contributed by atoms with Crippen LogP contribution in [0, 0.1) is 5.41 Å². The molecule has 2 heterocycles. The Morgan fingerprint density at radius 1 is 1.64 bits per heavy atom. The third-order valence-corrected chi connectivity index (χ3v) is 1.69. The van der Waals surface area contributed by atoms with Crippen LogP contribution in [0.15, 0.2) is 18.6 Å². The van der Waals surface area contributed by atoms with Crippen LogP contribution in [-0.2, 0) is 7.05 Å². The second-order valence-electron chi connectivity index (χ2n) is 2.44. The van der Waals surface area contributed by atoms with Crippen molar-refractivity contribution in [2.75, 3.05) is 0 Å². The molecule has 56 valence electrons. The van der Waals surface area contributed by atoms with Gasteiger partial charge in [-0.15, -0.1) is 0 Å². The van der Waals surface area contributed by atoms with Crippen LogP contribution in [0.25, 0.3) is 11.0 Å². The number of rotatable bonds is 0. The molecule has 0 saturated heterocycles. The van der Waals surface area contributed by atoms with Gasteiger partial charge in [-0.25, -0.2) is 4.98 Å². The topological polar surface area (TPSA) is 57.5 Å². The van der Waals surface area contributed by atoms with Crippen molar-refractivity contribution in [1.82, 2.24) is 14.5 Å². The van der Waals surface area contributed by atoms with Gasteiger partial charge in [-0.3, -0.25) is 5.41 Å². The van der Waals surface area contributed by atoms with Gasteiger partial charge in [-0.1, -0.05) is 0 Å². The molecule has 0 saturated carbocycles. The van der Waals surface area contributed by atoms with Crippen LogP contribution in [0.5, 0.6) is 0 Å². The second kappa shape index (κ2) is 1.95. The molecule has 0 fully saturated rings. The Kier molecular flexibility index (Phi) is 1.09. The minimum Gasteiger partial charge on any atom is -0.346 e. The van der Waals surface area contributed by atoms with E-state index in [4.69, 9.17) is 5.41 Å². The molecular weight excluding hydrogens is 140 g/mol. The van der Waals surface area contributed by atoms with Crippen molar-refractivity contribution in [1.29, 1.82) is 5.41 Å². The number of H-pyrrole nitrogens is 1. The molecule has 0 aliphatic rings. The van der Waals surface area contributed by atoms with E-state index in [0.29, 0.717) is 5.49 Å². The summed E-state index contributed by atoms with van der Waals surface area (Å²) >= 11 is 0. The summed E-state index contributed by atoms with van der Waals surface area (Å²) in [6, 6.07) is 1.85. The third-order valence-electron chi connectivity index (χ3n) is 1.69. The van der Waals surface area contributed by atoms with Crippen LogP contribution in [-0.4, -0.2) is 14.5 Å². The molecule has 2 aromatic rings.